The van der Waals surface area contributed by atoms with Gasteiger partial charge in [-0.15, -0.1) is 0 Å². The Morgan fingerprint density at radius 3 is 2.71 bits per heavy atom. The summed E-state index contributed by atoms with van der Waals surface area (Å²) in [5, 5.41) is 10.1. The Kier molecular flexibility index (Phi) is 0.651. The maximum atomic E-state index is 10.1. The van der Waals surface area contributed by atoms with Crippen molar-refractivity contribution in [2.24, 2.45) is 0 Å². The predicted octanol–water partition coefficient (Wildman–Crippen LogP) is -0.189. The number of imidazole rings is 1. The molecule has 0 amide bonds. The number of hydrogen-bond acceptors (Lipinski definition) is 3. The third-order valence-electron chi connectivity index (χ3n) is 0.635. The fourth-order valence-electron chi connectivity index (χ4n) is 0.304. The lowest BCUT2D eigenvalue weighted by atomic mass is 11.0. The molecule has 7 heavy (non-hydrogen) atoms. The van der Waals surface area contributed by atoms with Gasteiger partial charge in [0.25, 0.3) is 0 Å². The van der Waals surface area contributed by atoms with Crippen LogP contribution in [0.4, 0.5) is 5.95 Å². The molecule has 0 spiro atoms. The van der Waals surface area contributed by atoms with Crippen LogP contribution in [-0.4, -0.2) is 9.71 Å². The Morgan fingerprint density at radius 1 is 1.86 bits per heavy atom. The van der Waals surface area contributed by atoms with E-state index in [-0.39, 0.29) is 5.95 Å². The number of nitrogens with zero attached hydrogens (tertiary/aromatic N) is 2. The molecular formula is C3H4N3O-. The molecule has 0 radical (unpaired) electrons. The van der Waals surface area contributed by atoms with Crippen LogP contribution in [0, 0.1) is 5.21 Å². The summed E-state index contributed by atoms with van der Waals surface area (Å²) >= 11 is 0. The van der Waals surface area contributed by atoms with Gasteiger partial charge in [0, 0.05) is 12.4 Å². The Bertz CT molecular complexity index is 142. The summed E-state index contributed by atoms with van der Waals surface area (Å²) in [7, 11) is 0. The topological polar surface area (TPSA) is 66.9 Å². The van der Waals surface area contributed by atoms with Crippen LogP contribution in [0.2, 0.25) is 0 Å². The molecule has 1 aromatic heterocycles. The number of nitrogens with two attached hydrogens (primary N) is 1. The second kappa shape index (κ2) is 1.14. The summed E-state index contributed by atoms with van der Waals surface area (Å²) in [5.41, 5.74) is 4.98. The highest BCUT2D eigenvalue weighted by atomic mass is 16.5. The Hall–Kier alpha value is -1.19. The Labute approximate surface area is 40.2 Å². The van der Waals surface area contributed by atoms with Crippen molar-refractivity contribution < 1.29 is 0 Å². The predicted molar refractivity (Wildman–Crippen MR) is 25.4 cm³/mol. The van der Waals surface area contributed by atoms with Gasteiger partial charge in [-0.2, -0.15) is 0 Å². The van der Waals surface area contributed by atoms with Gasteiger partial charge in [0.1, 0.15) is 0 Å². The van der Waals surface area contributed by atoms with Gasteiger partial charge in [0.05, 0.1) is 0 Å². The highest BCUT2D eigenvalue weighted by molar-refractivity contribution is 5.17. The van der Waals surface area contributed by atoms with E-state index in [2.05, 4.69) is 4.98 Å². The first-order valence-corrected chi connectivity index (χ1v) is 1.77. The number of anilines is 1. The molecule has 2 N–H and O–H groups in total. The zero-order valence-electron chi connectivity index (χ0n) is 3.53. The van der Waals surface area contributed by atoms with Crippen molar-refractivity contribution >= 4 is 5.95 Å². The Balaban J connectivity index is 3.12. The van der Waals surface area contributed by atoms with Gasteiger partial charge in [-0.3, -0.25) is 0 Å². The van der Waals surface area contributed by atoms with Crippen LogP contribution in [0.5, 0.6) is 0 Å². The molecule has 4 heteroatoms. The molecule has 1 heterocycles. The van der Waals surface area contributed by atoms with Crippen molar-refractivity contribution in [1.82, 2.24) is 9.71 Å². The van der Waals surface area contributed by atoms with Crippen LogP contribution in [-0.2, 0) is 0 Å². The highest BCUT2D eigenvalue weighted by Gasteiger charge is 1.80. The number of nitrogen functional groups attached to an aromatic ring is 1. The first-order valence-electron chi connectivity index (χ1n) is 1.77. The zero-order valence-corrected chi connectivity index (χ0v) is 3.53. The second-order valence-electron chi connectivity index (χ2n) is 1.11. The van der Waals surface area contributed by atoms with Crippen LogP contribution >= 0.6 is 0 Å². The van der Waals surface area contributed by atoms with E-state index in [9.17, 15) is 5.21 Å². The average molecular weight is 98.1 g/mol. The molecule has 0 unspecified atom stereocenters. The van der Waals surface area contributed by atoms with Gasteiger partial charge in [-0.1, -0.05) is 0 Å². The SMILES string of the molecule is Nc1nccn1[O-]. The molecule has 0 fully saturated rings. The maximum Gasteiger partial charge on any atom is 0.195 e. The minimum absolute atomic E-state index is 0.000000000000000444. The first kappa shape index (κ1) is 3.98. The van der Waals surface area contributed by atoms with Crippen LogP contribution < -0.4 is 5.73 Å². The fraction of sp³-hybridized carbons (Fsp3) is 0. The highest BCUT2D eigenvalue weighted by Crippen LogP contribution is 1.91. The van der Waals surface area contributed by atoms with Crippen molar-refractivity contribution in [3.8, 4) is 0 Å². The minimum atomic E-state index is 0.000000000000000444. The van der Waals surface area contributed by atoms with E-state index < -0.39 is 0 Å². The summed E-state index contributed by atoms with van der Waals surface area (Å²) < 4.78 is 0.500. The van der Waals surface area contributed by atoms with E-state index in [1.54, 1.807) is 0 Å². The standard InChI is InChI=1S/C3H4N3O/c4-3-5-1-2-6(3)7/h1-2H,(H2,4,5)/q-1. The number of hydrogen-bond donors (Lipinski definition) is 1. The van der Waals surface area contributed by atoms with Crippen molar-refractivity contribution in [2.45, 2.75) is 0 Å². The number of aromatic nitrogens is 2. The van der Waals surface area contributed by atoms with Crippen molar-refractivity contribution in [1.29, 1.82) is 0 Å². The van der Waals surface area contributed by atoms with Gasteiger partial charge in [-0.25, -0.2) is 4.98 Å². The zero-order chi connectivity index (χ0) is 5.28. The van der Waals surface area contributed by atoms with Gasteiger partial charge in [0.2, 0.25) is 0 Å². The minimum Gasteiger partial charge on any atom is -0.804 e. The monoisotopic (exact) mass is 98.0 g/mol. The lowest BCUT2D eigenvalue weighted by molar-refractivity contribution is 1.10. The van der Waals surface area contributed by atoms with E-state index in [0.717, 1.165) is 0 Å². The molecule has 38 valence electrons. The molecule has 0 saturated heterocycles. The molecule has 0 saturated carbocycles. The average Bonchev–Trinajstić information content (AvgIpc) is 1.91. The van der Waals surface area contributed by atoms with Crippen molar-refractivity contribution in [3.05, 3.63) is 17.6 Å². The molecule has 4 nitrogen and oxygen atoms in total. The third-order valence-corrected chi connectivity index (χ3v) is 0.635. The molecular weight excluding hydrogens is 94.1 g/mol. The molecule has 0 atom stereocenters. The molecule has 1 rings (SSSR count). The van der Waals surface area contributed by atoms with E-state index in [1.165, 1.54) is 12.4 Å². The molecule has 0 aromatic carbocycles. The lowest BCUT2D eigenvalue weighted by Gasteiger charge is -2.03. The van der Waals surface area contributed by atoms with E-state index in [4.69, 9.17) is 5.73 Å². The summed E-state index contributed by atoms with van der Waals surface area (Å²) in [6.07, 6.45) is 2.59. The largest absolute Gasteiger partial charge is 0.804 e. The van der Waals surface area contributed by atoms with Gasteiger partial charge >= 0.3 is 0 Å². The summed E-state index contributed by atoms with van der Waals surface area (Å²) in [6.45, 7) is 0. The Morgan fingerprint density at radius 2 is 2.57 bits per heavy atom. The molecule has 0 aliphatic heterocycles. The number of rotatable bonds is 0. The summed E-state index contributed by atoms with van der Waals surface area (Å²) in [5.74, 6) is 0.000000000000000444. The van der Waals surface area contributed by atoms with Gasteiger partial charge in [-0.05, 0) is 0 Å². The second-order valence-corrected chi connectivity index (χ2v) is 1.11. The van der Waals surface area contributed by atoms with Crippen LogP contribution in [0.15, 0.2) is 12.4 Å². The lowest BCUT2D eigenvalue weighted by Crippen LogP contribution is -1.93. The third kappa shape index (κ3) is 0.489. The van der Waals surface area contributed by atoms with Crippen molar-refractivity contribution in [3.63, 3.8) is 0 Å². The van der Waals surface area contributed by atoms with Crippen LogP contribution in [0.25, 0.3) is 0 Å². The van der Waals surface area contributed by atoms with Crippen LogP contribution in [0.3, 0.4) is 0 Å². The molecule has 0 aliphatic rings. The maximum absolute atomic E-state index is 10.1. The van der Waals surface area contributed by atoms with Gasteiger partial charge in [0.15, 0.2) is 5.95 Å². The van der Waals surface area contributed by atoms with E-state index >= 15 is 0 Å². The quantitative estimate of drug-likeness (QED) is 0.489. The summed E-state index contributed by atoms with van der Waals surface area (Å²) in [4.78, 5) is 3.44. The van der Waals surface area contributed by atoms with E-state index in [1.807, 2.05) is 0 Å². The molecule has 1 aromatic rings. The van der Waals surface area contributed by atoms with E-state index in [0.29, 0.717) is 4.73 Å². The fourth-order valence-corrected chi connectivity index (χ4v) is 0.304. The summed E-state index contributed by atoms with van der Waals surface area (Å²) in [6, 6.07) is 0. The molecule has 0 bridgehead atoms. The van der Waals surface area contributed by atoms with Gasteiger partial charge < -0.3 is 15.7 Å². The van der Waals surface area contributed by atoms with Crippen LogP contribution in [0.1, 0.15) is 0 Å². The molecule has 0 aliphatic carbocycles. The normalized spacial score (nSPS) is 9.14. The first-order chi connectivity index (χ1) is 3.30. The van der Waals surface area contributed by atoms with Crippen molar-refractivity contribution in [2.75, 3.05) is 5.73 Å². The smallest absolute Gasteiger partial charge is 0.195 e.